The SMILES string of the molecule is CC(C)C(CCl)NC(=O)c1cc(Cl)ccc1I. The molecule has 1 rings (SSSR count). The van der Waals surface area contributed by atoms with Gasteiger partial charge in [-0.25, -0.2) is 0 Å². The zero-order valence-electron chi connectivity index (χ0n) is 9.64. The molecule has 1 amide bonds. The van der Waals surface area contributed by atoms with Gasteiger partial charge < -0.3 is 5.32 Å². The van der Waals surface area contributed by atoms with Crippen molar-refractivity contribution in [2.24, 2.45) is 5.92 Å². The molecule has 0 spiro atoms. The molecule has 1 unspecified atom stereocenters. The van der Waals surface area contributed by atoms with Gasteiger partial charge in [0.15, 0.2) is 0 Å². The third-order valence-corrected chi connectivity index (χ3v) is 3.97. The van der Waals surface area contributed by atoms with E-state index in [1.807, 2.05) is 19.9 Å². The van der Waals surface area contributed by atoms with Crippen LogP contribution in [-0.2, 0) is 0 Å². The lowest BCUT2D eigenvalue weighted by molar-refractivity contribution is 0.0930. The zero-order chi connectivity index (χ0) is 13.0. The molecule has 0 aliphatic rings. The largest absolute Gasteiger partial charge is 0.348 e. The quantitative estimate of drug-likeness (QED) is 0.617. The number of benzene rings is 1. The molecule has 1 N–H and O–H groups in total. The summed E-state index contributed by atoms with van der Waals surface area (Å²) in [5.41, 5.74) is 0.592. The zero-order valence-corrected chi connectivity index (χ0v) is 13.3. The van der Waals surface area contributed by atoms with Crippen molar-refractivity contribution in [2.45, 2.75) is 19.9 Å². The van der Waals surface area contributed by atoms with E-state index in [0.29, 0.717) is 22.4 Å². The van der Waals surface area contributed by atoms with Gasteiger partial charge in [0.25, 0.3) is 5.91 Å². The number of nitrogens with one attached hydrogen (secondary N) is 1. The number of hydrogen-bond acceptors (Lipinski definition) is 1. The first-order valence-electron chi connectivity index (χ1n) is 5.27. The molecule has 0 radical (unpaired) electrons. The summed E-state index contributed by atoms with van der Waals surface area (Å²) in [6.45, 7) is 4.05. The number of carbonyl (C=O) groups excluding carboxylic acids is 1. The molecule has 0 aromatic heterocycles. The fourth-order valence-corrected chi connectivity index (χ4v) is 2.49. The van der Waals surface area contributed by atoms with Crippen LogP contribution < -0.4 is 5.32 Å². The van der Waals surface area contributed by atoms with E-state index in [-0.39, 0.29) is 11.9 Å². The standard InChI is InChI=1S/C12H14Cl2INO/c1-7(2)11(6-13)16-12(17)9-5-8(14)3-4-10(9)15/h3-5,7,11H,6H2,1-2H3,(H,16,17). The molecule has 0 saturated heterocycles. The van der Waals surface area contributed by atoms with Crippen LogP contribution in [0, 0.1) is 9.49 Å². The van der Waals surface area contributed by atoms with Crippen LogP contribution in [0.1, 0.15) is 24.2 Å². The summed E-state index contributed by atoms with van der Waals surface area (Å²) >= 11 is 13.8. The molecule has 0 aliphatic carbocycles. The Labute approximate surface area is 125 Å². The highest BCUT2D eigenvalue weighted by atomic mass is 127. The Bertz CT molecular complexity index is 409. The highest BCUT2D eigenvalue weighted by molar-refractivity contribution is 14.1. The van der Waals surface area contributed by atoms with Crippen LogP contribution in [0.4, 0.5) is 0 Å². The lowest BCUT2D eigenvalue weighted by Gasteiger charge is -2.20. The minimum absolute atomic E-state index is 0.0288. The van der Waals surface area contributed by atoms with Gasteiger partial charge in [0, 0.05) is 20.5 Å². The lowest BCUT2D eigenvalue weighted by atomic mass is 10.1. The number of alkyl halides is 1. The van der Waals surface area contributed by atoms with Crippen molar-refractivity contribution in [1.29, 1.82) is 0 Å². The van der Waals surface area contributed by atoms with Crippen LogP contribution in [0.25, 0.3) is 0 Å². The van der Waals surface area contributed by atoms with Gasteiger partial charge in [-0.05, 0) is 46.7 Å². The van der Waals surface area contributed by atoms with E-state index in [0.717, 1.165) is 3.57 Å². The maximum Gasteiger partial charge on any atom is 0.252 e. The fraction of sp³-hybridized carbons (Fsp3) is 0.417. The minimum Gasteiger partial charge on any atom is -0.348 e. The molecular formula is C12H14Cl2INO. The van der Waals surface area contributed by atoms with Gasteiger partial charge >= 0.3 is 0 Å². The molecule has 1 atom stereocenters. The Morgan fingerprint density at radius 1 is 1.47 bits per heavy atom. The molecule has 94 valence electrons. The third kappa shape index (κ3) is 4.30. The van der Waals surface area contributed by atoms with Crippen molar-refractivity contribution in [2.75, 3.05) is 5.88 Å². The summed E-state index contributed by atoms with van der Waals surface area (Å²) in [6, 6.07) is 5.23. The van der Waals surface area contributed by atoms with Crippen molar-refractivity contribution in [1.82, 2.24) is 5.32 Å². The number of carbonyl (C=O) groups is 1. The van der Waals surface area contributed by atoms with Crippen LogP contribution in [0.5, 0.6) is 0 Å². The predicted octanol–water partition coefficient (Wildman–Crippen LogP) is 3.94. The normalized spacial score (nSPS) is 12.6. The van der Waals surface area contributed by atoms with Crippen molar-refractivity contribution in [3.8, 4) is 0 Å². The maximum atomic E-state index is 12.1. The van der Waals surface area contributed by atoms with Crippen molar-refractivity contribution < 1.29 is 4.79 Å². The van der Waals surface area contributed by atoms with Crippen LogP contribution in [-0.4, -0.2) is 17.8 Å². The summed E-state index contributed by atoms with van der Waals surface area (Å²) in [4.78, 5) is 12.1. The summed E-state index contributed by atoms with van der Waals surface area (Å²) in [7, 11) is 0. The number of hydrogen-bond donors (Lipinski definition) is 1. The van der Waals surface area contributed by atoms with E-state index in [9.17, 15) is 4.79 Å². The van der Waals surface area contributed by atoms with E-state index < -0.39 is 0 Å². The summed E-state index contributed by atoms with van der Waals surface area (Å²) in [5.74, 6) is 0.574. The minimum atomic E-state index is -0.128. The maximum absolute atomic E-state index is 12.1. The Morgan fingerprint density at radius 2 is 2.12 bits per heavy atom. The molecule has 0 aliphatic heterocycles. The monoisotopic (exact) mass is 385 g/mol. The second-order valence-electron chi connectivity index (χ2n) is 4.10. The van der Waals surface area contributed by atoms with Crippen molar-refractivity contribution in [3.63, 3.8) is 0 Å². The molecule has 0 bridgehead atoms. The average Bonchev–Trinajstić information content (AvgIpc) is 2.28. The summed E-state index contributed by atoms with van der Waals surface area (Å²) < 4.78 is 0.876. The van der Waals surface area contributed by atoms with E-state index >= 15 is 0 Å². The molecule has 5 heteroatoms. The number of rotatable bonds is 4. The first kappa shape index (κ1) is 15.1. The topological polar surface area (TPSA) is 29.1 Å². The molecule has 0 fully saturated rings. The van der Waals surface area contributed by atoms with Crippen LogP contribution in [0.2, 0.25) is 5.02 Å². The Balaban J connectivity index is 2.86. The van der Waals surface area contributed by atoms with Gasteiger partial charge in [-0.3, -0.25) is 4.79 Å². The van der Waals surface area contributed by atoms with Gasteiger partial charge in [0.2, 0.25) is 0 Å². The number of halogens is 3. The molecule has 1 aromatic rings. The van der Waals surface area contributed by atoms with Gasteiger partial charge in [0.1, 0.15) is 0 Å². The molecule has 2 nitrogen and oxygen atoms in total. The predicted molar refractivity (Wildman–Crippen MR) is 81.0 cm³/mol. The first-order chi connectivity index (χ1) is 7.95. The second-order valence-corrected chi connectivity index (χ2v) is 6.01. The Hall–Kier alpha value is -0.000000000000000111. The molecule has 17 heavy (non-hydrogen) atoms. The van der Waals surface area contributed by atoms with E-state index in [1.165, 1.54) is 0 Å². The molecule has 0 saturated carbocycles. The van der Waals surface area contributed by atoms with Gasteiger partial charge in [-0.2, -0.15) is 0 Å². The molecule has 1 aromatic carbocycles. The second kappa shape index (κ2) is 6.81. The highest BCUT2D eigenvalue weighted by Gasteiger charge is 2.17. The van der Waals surface area contributed by atoms with E-state index in [2.05, 4.69) is 27.9 Å². The Kier molecular flexibility index (Phi) is 6.03. The number of amides is 1. The van der Waals surface area contributed by atoms with Gasteiger partial charge in [0.05, 0.1) is 5.56 Å². The summed E-state index contributed by atoms with van der Waals surface area (Å²) in [5, 5.41) is 3.47. The van der Waals surface area contributed by atoms with Crippen molar-refractivity contribution >= 4 is 51.7 Å². The third-order valence-electron chi connectivity index (χ3n) is 2.46. The first-order valence-corrected chi connectivity index (χ1v) is 7.26. The highest BCUT2D eigenvalue weighted by Crippen LogP contribution is 2.18. The van der Waals surface area contributed by atoms with Crippen LogP contribution in [0.3, 0.4) is 0 Å². The Morgan fingerprint density at radius 3 is 2.65 bits per heavy atom. The van der Waals surface area contributed by atoms with E-state index in [1.54, 1.807) is 12.1 Å². The molecule has 0 heterocycles. The smallest absolute Gasteiger partial charge is 0.252 e. The van der Waals surface area contributed by atoms with Crippen molar-refractivity contribution in [3.05, 3.63) is 32.4 Å². The fourth-order valence-electron chi connectivity index (χ4n) is 1.30. The van der Waals surface area contributed by atoms with Gasteiger partial charge in [-0.1, -0.05) is 25.4 Å². The lowest BCUT2D eigenvalue weighted by Crippen LogP contribution is -2.40. The average molecular weight is 386 g/mol. The summed E-state index contributed by atoms with van der Waals surface area (Å²) in [6.07, 6.45) is 0. The van der Waals surface area contributed by atoms with Crippen LogP contribution in [0.15, 0.2) is 18.2 Å². The van der Waals surface area contributed by atoms with Gasteiger partial charge in [-0.15, -0.1) is 11.6 Å². The van der Waals surface area contributed by atoms with Crippen LogP contribution >= 0.6 is 45.8 Å². The van der Waals surface area contributed by atoms with E-state index in [4.69, 9.17) is 23.2 Å². The molecular weight excluding hydrogens is 372 g/mol.